The van der Waals surface area contributed by atoms with E-state index in [9.17, 15) is 0 Å². The van der Waals surface area contributed by atoms with Gasteiger partial charge in [-0.05, 0) is 100 Å². The zero-order chi connectivity index (χ0) is 38.2. The van der Waals surface area contributed by atoms with Crippen LogP contribution < -0.4 is 9.64 Å². The molecule has 12 rings (SSSR count). The lowest BCUT2D eigenvalue weighted by Gasteiger charge is -2.33. The summed E-state index contributed by atoms with van der Waals surface area (Å²) in [5.41, 5.74) is 15.0. The van der Waals surface area contributed by atoms with E-state index in [1.165, 1.54) is 32.9 Å². The number of hydrogen-bond acceptors (Lipinski definition) is 3. The minimum Gasteiger partial charge on any atom is -0.454 e. The van der Waals surface area contributed by atoms with Crippen LogP contribution in [0.5, 0.6) is 11.5 Å². The molecule has 2 aromatic heterocycles. The molecule has 1 aliphatic heterocycles. The first kappa shape index (κ1) is 32.4. The van der Waals surface area contributed by atoms with Crippen LogP contribution in [0.1, 0.15) is 0 Å². The predicted octanol–water partition coefficient (Wildman–Crippen LogP) is 15.3. The summed E-state index contributed by atoms with van der Waals surface area (Å²) in [5.74, 6) is 1.59. The van der Waals surface area contributed by atoms with Crippen molar-refractivity contribution in [2.24, 2.45) is 0 Å². The van der Waals surface area contributed by atoms with Gasteiger partial charge in [0.2, 0.25) is 0 Å². The van der Waals surface area contributed by atoms with Gasteiger partial charge in [-0.25, -0.2) is 0 Å². The van der Waals surface area contributed by atoms with Gasteiger partial charge in [-0.1, -0.05) is 140 Å². The molecule has 0 atom stereocenters. The Morgan fingerprint density at radius 1 is 0.328 bits per heavy atom. The minimum absolute atomic E-state index is 0.790. The van der Waals surface area contributed by atoms with Crippen molar-refractivity contribution in [3.63, 3.8) is 0 Å². The van der Waals surface area contributed by atoms with Crippen LogP contribution in [0.2, 0.25) is 0 Å². The van der Waals surface area contributed by atoms with Crippen molar-refractivity contribution in [3.05, 3.63) is 206 Å². The fraction of sp³-hybridized carbons (Fsp3) is 0. The van der Waals surface area contributed by atoms with E-state index in [0.717, 1.165) is 78.4 Å². The Hall–Kier alpha value is -7.82. The number of nitrogens with zero attached hydrogens (tertiary/aromatic N) is 2. The first-order chi connectivity index (χ1) is 28.7. The number of furan rings is 1. The maximum atomic E-state index is 6.67. The number of aromatic nitrogens is 1. The standard InChI is InChI=1S/C54H34N2O2/c1-2-13-35(14-3-1)38-17-11-18-41(32-38)55-46-22-6-4-19-42(46)43-29-27-39(33-50(43)55)36-15-10-16-37(31-36)40-28-30-48-53(34-40)57-52-26-9-7-23-47(52)56(48)49-24-12-21-45-44-20-5-8-25-51(44)58-54(45)49/h1-34H. The van der Waals surface area contributed by atoms with Gasteiger partial charge >= 0.3 is 0 Å². The van der Waals surface area contributed by atoms with Crippen LogP contribution in [-0.2, 0) is 0 Å². The molecule has 9 aromatic carbocycles. The summed E-state index contributed by atoms with van der Waals surface area (Å²) in [7, 11) is 0. The fourth-order valence-electron chi connectivity index (χ4n) is 8.87. The second kappa shape index (κ2) is 12.9. The lowest BCUT2D eigenvalue weighted by molar-refractivity contribution is 0.477. The van der Waals surface area contributed by atoms with Crippen LogP contribution in [0.3, 0.4) is 0 Å². The molecule has 11 aromatic rings. The maximum absolute atomic E-state index is 6.67. The van der Waals surface area contributed by atoms with E-state index in [-0.39, 0.29) is 0 Å². The van der Waals surface area contributed by atoms with Gasteiger partial charge in [0.15, 0.2) is 17.1 Å². The molecule has 0 unspecified atom stereocenters. The summed E-state index contributed by atoms with van der Waals surface area (Å²) >= 11 is 0. The lowest BCUT2D eigenvalue weighted by atomic mass is 9.97. The number of benzene rings is 9. The highest BCUT2D eigenvalue weighted by atomic mass is 16.5. The molecular weight excluding hydrogens is 709 g/mol. The predicted molar refractivity (Wildman–Crippen MR) is 239 cm³/mol. The molecule has 0 radical (unpaired) electrons. The number of anilines is 3. The number of para-hydroxylation sites is 5. The minimum atomic E-state index is 0.790. The summed E-state index contributed by atoms with van der Waals surface area (Å²) in [6.45, 7) is 0. The van der Waals surface area contributed by atoms with Gasteiger partial charge in [0.1, 0.15) is 5.58 Å². The van der Waals surface area contributed by atoms with Crippen molar-refractivity contribution >= 4 is 60.8 Å². The molecule has 1 aliphatic rings. The molecule has 0 spiro atoms. The molecule has 0 saturated heterocycles. The normalized spacial score (nSPS) is 12.2. The van der Waals surface area contributed by atoms with E-state index >= 15 is 0 Å². The Kier molecular flexibility index (Phi) is 7.20. The van der Waals surface area contributed by atoms with Crippen molar-refractivity contribution in [3.8, 4) is 50.6 Å². The lowest BCUT2D eigenvalue weighted by Crippen LogP contribution is -2.16. The van der Waals surface area contributed by atoms with Crippen LogP contribution >= 0.6 is 0 Å². The van der Waals surface area contributed by atoms with E-state index in [0.29, 0.717) is 0 Å². The number of hydrogen-bond donors (Lipinski definition) is 0. The molecule has 0 amide bonds. The molecule has 0 bridgehead atoms. The first-order valence-corrected chi connectivity index (χ1v) is 19.7. The SMILES string of the molecule is c1ccc(-c2cccc(-n3c4ccccc4c4ccc(-c5cccc(-c6ccc7c(c6)Oc6ccccc6N7c6cccc7c6oc6ccccc67)c5)cc43)c2)cc1. The second-order valence-corrected chi connectivity index (χ2v) is 14.9. The summed E-state index contributed by atoms with van der Waals surface area (Å²) in [6.07, 6.45) is 0. The van der Waals surface area contributed by atoms with Gasteiger partial charge < -0.3 is 13.7 Å². The van der Waals surface area contributed by atoms with E-state index in [2.05, 4.69) is 191 Å². The largest absolute Gasteiger partial charge is 0.454 e. The Morgan fingerprint density at radius 2 is 0.931 bits per heavy atom. The Labute approximate surface area is 335 Å². The number of fused-ring (bicyclic) bond motifs is 8. The zero-order valence-electron chi connectivity index (χ0n) is 31.3. The molecule has 58 heavy (non-hydrogen) atoms. The van der Waals surface area contributed by atoms with E-state index in [4.69, 9.17) is 9.15 Å². The van der Waals surface area contributed by atoms with Gasteiger partial charge in [0.05, 0.1) is 28.1 Å². The van der Waals surface area contributed by atoms with Crippen LogP contribution in [0.4, 0.5) is 17.1 Å². The Morgan fingerprint density at radius 3 is 1.83 bits per heavy atom. The first-order valence-electron chi connectivity index (χ1n) is 19.7. The third-order valence-electron chi connectivity index (χ3n) is 11.6. The highest BCUT2D eigenvalue weighted by Crippen LogP contribution is 2.53. The molecule has 0 fully saturated rings. The molecule has 272 valence electrons. The topological polar surface area (TPSA) is 30.5 Å². The molecule has 3 heterocycles. The van der Waals surface area contributed by atoms with Gasteiger partial charge in [0.25, 0.3) is 0 Å². The fourth-order valence-corrected chi connectivity index (χ4v) is 8.87. The summed E-state index contributed by atoms with van der Waals surface area (Å²) in [6, 6.07) is 73.2. The van der Waals surface area contributed by atoms with Crippen molar-refractivity contribution in [1.29, 1.82) is 0 Å². The van der Waals surface area contributed by atoms with Gasteiger partial charge in [0, 0.05) is 27.2 Å². The van der Waals surface area contributed by atoms with Gasteiger partial charge in [-0.3, -0.25) is 4.90 Å². The quantitative estimate of drug-likeness (QED) is 0.176. The molecule has 0 saturated carbocycles. The van der Waals surface area contributed by atoms with Gasteiger partial charge in [-0.2, -0.15) is 0 Å². The smallest absolute Gasteiger partial charge is 0.159 e. The molecule has 0 aliphatic carbocycles. The monoisotopic (exact) mass is 742 g/mol. The summed E-state index contributed by atoms with van der Waals surface area (Å²) in [4.78, 5) is 2.27. The molecule has 4 heteroatoms. The van der Waals surface area contributed by atoms with Crippen LogP contribution in [-0.4, -0.2) is 4.57 Å². The summed E-state index contributed by atoms with van der Waals surface area (Å²) in [5, 5.41) is 4.67. The van der Waals surface area contributed by atoms with Gasteiger partial charge in [-0.15, -0.1) is 0 Å². The van der Waals surface area contributed by atoms with Crippen molar-refractivity contribution < 1.29 is 9.15 Å². The number of rotatable bonds is 5. The van der Waals surface area contributed by atoms with Crippen molar-refractivity contribution in [1.82, 2.24) is 4.57 Å². The summed E-state index contributed by atoms with van der Waals surface area (Å²) < 4.78 is 15.6. The molecular formula is C54H34N2O2. The second-order valence-electron chi connectivity index (χ2n) is 14.9. The third-order valence-corrected chi connectivity index (χ3v) is 11.6. The third kappa shape index (κ3) is 5.09. The average Bonchev–Trinajstić information content (AvgIpc) is 3.84. The highest BCUT2D eigenvalue weighted by molar-refractivity contribution is 6.12. The molecule has 0 N–H and O–H groups in total. The van der Waals surface area contributed by atoms with Crippen molar-refractivity contribution in [2.75, 3.05) is 4.90 Å². The maximum Gasteiger partial charge on any atom is 0.159 e. The number of ether oxygens (including phenoxy) is 1. The van der Waals surface area contributed by atoms with Crippen LogP contribution in [0.15, 0.2) is 211 Å². The van der Waals surface area contributed by atoms with E-state index < -0.39 is 0 Å². The highest BCUT2D eigenvalue weighted by Gasteiger charge is 2.28. The zero-order valence-corrected chi connectivity index (χ0v) is 31.3. The van der Waals surface area contributed by atoms with Crippen LogP contribution in [0.25, 0.3) is 82.8 Å². The average molecular weight is 743 g/mol. The van der Waals surface area contributed by atoms with E-state index in [1.54, 1.807) is 0 Å². The Bertz CT molecular complexity index is 3390. The van der Waals surface area contributed by atoms with E-state index in [1.807, 2.05) is 24.3 Å². The van der Waals surface area contributed by atoms with Crippen LogP contribution in [0, 0.1) is 0 Å². The van der Waals surface area contributed by atoms with Crippen molar-refractivity contribution in [2.45, 2.75) is 0 Å². The molecule has 4 nitrogen and oxygen atoms in total. The Balaban J connectivity index is 0.958.